The third-order valence-corrected chi connectivity index (χ3v) is 0.909. The molecule has 0 saturated carbocycles. The van der Waals surface area contributed by atoms with E-state index in [0.717, 1.165) is 0 Å². The Morgan fingerprint density at radius 2 is 1.67 bits per heavy atom. The van der Waals surface area contributed by atoms with Crippen LogP contribution in [0.4, 0.5) is 4.39 Å². The molecule has 6 heavy (non-hydrogen) atoms. The van der Waals surface area contributed by atoms with Crippen molar-refractivity contribution >= 4 is 35.8 Å². The first-order valence-corrected chi connectivity index (χ1v) is 2.19. The second-order valence-electron chi connectivity index (χ2n) is 0.534. The van der Waals surface area contributed by atoms with Crippen LogP contribution in [0.25, 0.3) is 0 Å². The smallest absolute Gasteiger partial charge is 0.192 e. The molecule has 35 valence electrons. The van der Waals surface area contributed by atoms with Gasteiger partial charge in [-0.3, -0.25) is 0 Å². The van der Waals surface area contributed by atoms with Crippen LogP contribution in [0.5, 0.6) is 0 Å². The highest BCUT2D eigenvalue weighted by molar-refractivity contribution is 7.84. The van der Waals surface area contributed by atoms with E-state index in [0.29, 0.717) is 0 Å². The van der Waals surface area contributed by atoms with Gasteiger partial charge in [0.15, 0.2) is 4.49 Å². The summed E-state index contributed by atoms with van der Waals surface area (Å²) in [6, 6.07) is 0. The van der Waals surface area contributed by atoms with Gasteiger partial charge < -0.3 is 0 Å². The molecular weight excluding hydrogens is 146 g/mol. The maximum absolute atomic E-state index is 11.3. The van der Waals surface area contributed by atoms with Crippen molar-refractivity contribution in [3.63, 3.8) is 0 Å². The third kappa shape index (κ3) is 2.69. The van der Waals surface area contributed by atoms with Crippen molar-refractivity contribution < 1.29 is 4.39 Å². The first-order valence-electron chi connectivity index (χ1n) is 1.02. The molecule has 0 spiro atoms. The Balaban J connectivity index is 3.68. The van der Waals surface area contributed by atoms with Gasteiger partial charge in [-0.25, -0.2) is 0 Å². The van der Waals surface area contributed by atoms with Gasteiger partial charge in [0.1, 0.15) is 0 Å². The van der Waals surface area contributed by atoms with E-state index < -0.39 is 9.65 Å². The summed E-state index contributed by atoms with van der Waals surface area (Å²) in [4.78, 5) is 0. The summed E-state index contributed by atoms with van der Waals surface area (Å²) in [7, 11) is 0. The molecular formula is C2Cl2FS. The van der Waals surface area contributed by atoms with E-state index >= 15 is 0 Å². The van der Waals surface area contributed by atoms with Gasteiger partial charge in [-0.05, 0) is 12.6 Å². The van der Waals surface area contributed by atoms with Crippen LogP contribution >= 0.6 is 35.8 Å². The highest BCUT2D eigenvalue weighted by atomic mass is 35.5. The van der Waals surface area contributed by atoms with Crippen molar-refractivity contribution in [2.45, 2.75) is 0 Å². The third-order valence-electron chi connectivity index (χ3n) is 0.149. The van der Waals surface area contributed by atoms with Gasteiger partial charge in [0.25, 0.3) is 0 Å². The molecule has 0 aliphatic carbocycles. The van der Waals surface area contributed by atoms with Crippen LogP contribution in [0.3, 0.4) is 0 Å². The van der Waals surface area contributed by atoms with Crippen LogP contribution in [0.2, 0.25) is 0 Å². The van der Waals surface area contributed by atoms with Crippen LogP contribution in [0, 0.1) is 0 Å². The second-order valence-corrected chi connectivity index (χ2v) is 1.84. The van der Waals surface area contributed by atoms with E-state index in [4.69, 9.17) is 23.2 Å². The predicted octanol–water partition coefficient (Wildman–Crippen LogP) is 2.76. The lowest BCUT2D eigenvalue weighted by molar-refractivity contribution is 0.702. The lowest BCUT2D eigenvalue weighted by Gasteiger charge is -1.74. The van der Waals surface area contributed by atoms with Crippen LogP contribution in [0.15, 0.2) is 9.65 Å². The Kier molecular flexibility index (Phi) is 2.82. The predicted molar refractivity (Wildman–Crippen MR) is 27.4 cm³/mol. The maximum atomic E-state index is 11.3. The number of hydrogen-bond donors (Lipinski definition) is 0. The van der Waals surface area contributed by atoms with Gasteiger partial charge in [0.2, 0.25) is 5.16 Å². The minimum Gasteiger partial charge on any atom is -0.192 e. The lowest BCUT2D eigenvalue weighted by Crippen LogP contribution is -1.50. The molecule has 0 aliphatic rings. The molecule has 0 unspecified atom stereocenters. The van der Waals surface area contributed by atoms with Crippen molar-refractivity contribution in [2.24, 2.45) is 0 Å². The van der Waals surface area contributed by atoms with E-state index in [1.807, 2.05) is 0 Å². The molecule has 4 heteroatoms. The zero-order chi connectivity index (χ0) is 5.15. The Labute approximate surface area is 50.3 Å². The summed E-state index contributed by atoms with van der Waals surface area (Å²) < 4.78 is 10.8. The van der Waals surface area contributed by atoms with Crippen molar-refractivity contribution in [3.8, 4) is 0 Å². The summed E-state index contributed by atoms with van der Waals surface area (Å²) >= 11 is 13.4. The molecule has 0 aromatic rings. The largest absolute Gasteiger partial charge is 0.216 e. The summed E-state index contributed by atoms with van der Waals surface area (Å²) in [6.45, 7) is 0. The second kappa shape index (κ2) is 2.61. The van der Waals surface area contributed by atoms with Gasteiger partial charge in [-0.2, -0.15) is 4.39 Å². The zero-order valence-electron chi connectivity index (χ0n) is 2.54. The van der Waals surface area contributed by atoms with Crippen molar-refractivity contribution in [3.05, 3.63) is 9.65 Å². The summed E-state index contributed by atoms with van der Waals surface area (Å²) in [5.74, 6) is 0. The molecule has 0 atom stereocenters. The molecule has 0 amide bonds. The standard InChI is InChI=1S/C2Cl2FS/c3-1(4)2(5)6. The fraction of sp³-hybridized carbons (Fsp3) is 0. The average Bonchev–Trinajstić information content (AvgIpc) is 1.36. The molecule has 0 aromatic carbocycles. The molecule has 0 aromatic heterocycles. The first kappa shape index (κ1) is 6.47. The van der Waals surface area contributed by atoms with E-state index in [9.17, 15) is 4.39 Å². The topological polar surface area (TPSA) is 0 Å². The van der Waals surface area contributed by atoms with Gasteiger partial charge in [0.05, 0.1) is 0 Å². The molecule has 0 aliphatic heterocycles. The van der Waals surface area contributed by atoms with Crippen molar-refractivity contribution in [1.82, 2.24) is 0 Å². The van der Waals surface area contributed by atoms with Crippen LogP contribution in [-0.2, 0) is 0 Å². The molecule has 0 saturated heterocycles. The van der Waals surface area contributed by atoms with Gasteiger partial charge >= 0.3 is 0 Å². The number of hydrogen-bond acceptors (Lipinski definition) is 0. The minimum atomic E-state index is -0.960. The Hall–Kier alpha value is 0.470. The molecule has 0 fully saturated rings. The fourth-order valence-corrected chi connectivity index (χ4v) is 0. The van der Waals surface area contributed by atoms with Crippen LogP contribution in [-0.4, -0.2) is 0 Å². The lowest BCUT2D eigenvalue weighted by atomic mass is 11.2. The monoisotopic (exact) mass is 145 g/mol. The zero-order valence-corrected chi connectivity index (χ0v) is 4.87. The van der Waals surface area contributed by atoms with Gasteiger partial charge in [-0.15, -0.1) is 0 Å². The van der Waals surface area contributed by atoms with Crippen LogP contribution in [0.1, 0.15) is 0 Å². The number of rotatable bonds is 0. The highest BCUT2D eigenvalue weighted by Gasteiger charge is 1.90. The van der Waals surface area contributed by atoms with Crippen molar-refractivity contribution in [2.75, 3.05) is 0 Å². The summed E-state index contributed by atoms with van der Waals surface area (Å²) in [5.41, 5.74) is 0. The van der Waals surface area contributed by atoms with Crippen LogP contribution < -0.4 is 0 Å². The fourth-order valence-electron chi connectivity index (χ4n) is 0. The van der Waals surface area contributed by atoms with E-state index in [2.05, 4.69) is 12.6 Å². The average molecular weight is 146 g/mol. The Morgan fingerprint density at radius 1 is 1.50 bits per heavy atom. The Bertz CT molecular complexity index is 61.6. The molecule has 1 radical (unpaired) electrons. The Morgan fingerprint density at radius 3 is 1.67 bits per heavy atom. The quantitative estimate of drug-likeness (QED) is 0.492. The SMILES string of the molecule is FC([S])=C(Cl)Cl. The molecule has 0 N–H and O–H groups in total. The van der Waals surface area contributed by atoms with Gasteiger partial charge in [-0.1, -0.05) is 23.2 Å². The molecule has 0 heterocycles. The molecule has 0 nitrogen and oxygen atoms in total. The van der Waals surface area contributed by atoms with Crippen molar-refractivity contribution in [1.29, 1.82) is 0 Å². The number of halogens is 3. The molecule has 0 rings (SSSR count). The van der Waals surface area contributed by atoms with Gasteiger partial charge in [0, 0.05) is 0 Å². The molecule has 0 bridgehead atoms. The minimum absolute atomic E-state index is 0.481. The normalized spacial score (nSPS) is 7.83. The van der Waals surface area contributed by atoms with E-state index in [1.54, 1.807) is 0 Å². The van der Waals surface area contributed by atoms with E-state index in [-0.39, 0.29) is 0 Å². The van der Waals surface area contributed by atoms with E-state index in [1.165, 1.54) is 0 Å². The maximum Gasteiger partial charge on any atom is 0.216 e. The first-order chi connectivity index (χ1) is 2.64. The summed E-state index contributed by atoms with van der Waals surface area (Å²) in [6.07, 6.45) is 0. The highest BCUT2D eigenvalue weighted by Crippen LogP contribution is 2.16. The summed E-state index contributed by atoms with van der Waals surface area (Å²) in [5, 5.41) is -0.960.